The predicted molar refractivity (Wildman–Crippen MR) is 116 cm³/mol. The summed E-state index contributed by atoms with van der Waals surface area (Å²) in [6.07, 6.45) is 5.63. The fourth-order valence-corrected chi connectivity index (χ4v) is 4.96. The first-order valence-corrected chi connectivity index (χ1v) is 11.4. The van der Waals surface area contributed by atoms with E-state index in [1.807, 2.05) is 9.80 Å². The van der Waals surface area contributed by atoms with Gasteiger partial charge in [-0.25, -0.2) is 4.79 Å². The largest absolute Gasteiger partial charge is 0.377 e. The highest BCUT2D eigenvalue weighted by Gasteiger charge is 2.34. The molecular weight excluding hydrogens is 364 g/mol. The minimum absolute atomic E-state index is 0.0798. The van der Waals surface area contributed by atoms with Crippen LogP contribution in [0.25, 0.3) is 0 Å². The lowest BCUT2D eigenvalue weighted by atomic mass is 9.91. The minimum atomic E-state index is 0.0798. The molecule has 3 heterocycles. The van der Waals surface area contributed by atoms with Gasteiger partial charge in [0, 0.05) is 63.5 Å². The third-order valence-corrected chi connectivity index (χ3v) is 6.88. The van der Waals surface area contributed by atoms with E-state index < -0.39 is 0 Å². The van der Waals surface area contributed by atoms with Gasteiger partial charge in [-0.3, -0.25) is 0 Å². The second-order valence-corrected chi connectivity index (χ2v) is 8.73. The Hall–Kier alpha value is -1.79. The van der Waals surface area contributed by atoms with Gasteiger partial charge < -0.3 is 25.2 Å². The molecule has 3 fully saturated rings. The van der Waals surface area contributed by atoms with Gasteiger partial charge in [-0.2, -0.15) is 0 Å². The second kappa shape index (κ2) is 9.35. The molecule has 2 amide bonds. The van der Waals surface area contributed by atoms with Gasteiger partial charge in [-0.1, -0.05) is 19.1 Å². The van der Waals surface area contributed by atoms with Gasteiger partial charge >= 0.3 is 6.03 Å². The van der Waals surface area contributed by atoms with Crippen molar-refractivity contribution in [3.8, 4) is 0 Å². The van der Waals surface area contributed by atoms with E-state index in [0.29, 0.717) is 25.1 Å². The standard InChI is InChI=1S/C23H36N4O2/c1-2-20-5-3-12-27(20)21-8-6-18(7-9-21)19-16-26(17-19)23(28)25-11-4-14-29-22(15-24)10-13-25/h6-9,19-20,22H,2-5,10-17,24H2,1H3/t20?,22-/m0/s1. The number of amides is 2. The van der Waals surface area contributed by atoms with Gasteiger partial charge in [0.15, 0.2) is 0 Å². The average molecular weight is 401 g/mol. The van der Waals surface area contributed by atoms with E-state index >= 15 is 0 Å². The molecule has 3 aliphatic rings. The van der Waals surface area contributed by atoms with Gasteiger partial charge in [0.25, 0.3) is 0 Å². The molecule has 29 heavy (non-hydrogen) atoms. The van der Waals surface area contributed by atoms with Crippen molar-refractivity contribution in [3.05, 3.63) is 29.8 Å². The molecule has 160 valence electrons. The fourth-order valence-electron chi connectivity index (χ4n) is 4.96. The molecule has 1 aromatic rings. The number of rotatable bonds is 4. The van der Waals surface area contributed by atoms with E-state index in [4.69, 9.17) is 10.5 Å². The lowest BCUT2D eigenvalue weighted by Crippen LogP contribution is -2.54. The van der Waals surface area contributed by atoms with Crippen molar-refractivity contribution in [1.82, 2.24) is 9.80 Å². The molecule has 2 N–H and O–H groups in total. The summed E-state index contributed by atoms with van der Waals surface area (Å²) in [6.45, 7) is 7.85. The summed E-state index contributed by atoms with van der Waals surface area (Å²) in [7, 11) is 0. The van der Waals surface area contributed by atoms with Gasteiger partial charge in [-0.05, 0) is 49.8 Å². The van der Waals surface area contributed by atoms with Gasteiger partial charge in [0.2, 0.25) is 0 Å². The van der Waals surface area contributed by atoms with Gasteiger partial charge in [0.05, 0.1) is 6.10 Å². The Bertz CT molecular complexity index is 674. The first-order valence-electron chi connectivity index (χ1n) is 11.4. The maximum absolute atomic E-state index is 12.9. The minimum Gasteiger partial charge on any atom is -0.377 e. The molecular formula is C23H36N4O2. The van der Waals surface area contributed by atoms with Crippen LogP contribution in [-0.4, -0.2) is 73.9 Å². The van der Waals surface area contributed by atoms with Crippen molar-refractivity contribution in [2.45, 2.75) is 57.1 Å². The first kappa shape index (κ1) is 20.5. The summed E-state index contributed by atoms with van der Waals surface area (Å²) in [5.41, 5.74) is 8.45. The number of benzene rings is 1. The zero-order valence-corrected chi connectivity index (χ0v) is 17.8. The van der Waals surface area contributed by atoms with Crippen LogP contribution in [0.5, 0.6) is 0 Å². The van der Waals surface area contributed by atoms with E-state index in [9.17, 15) is 4.79 Å². The Labute approximate surface area is 175 Å². The second-order valence-electron chi connectivity index (χ2n) is 8.73. The lowest BCUT2D eigenvalue weighted by Gasteiger charge is -2.43. The smallest absolute Gasteiger partial charge is 0.320 e. The highest BCUT2D eigenvalue weighted by atomic mass is 16.5. The van der Waals surface area contributed by atoms with Crippen LogP contribution in [-0.2, 0) is 4.74 Å². The number of ether oxygens (including phenoxy) is 1. The third kappa shape index (κ3) is 4.53. The topological polar surface area (TPSA) is 62.0 Å². The summed E-state index contributed by atoms with van der Waals surface area (Å²) in [6, 6.07) is 9.97. The predicted octanol–water partition coefficient (Wildman–Crippen LogP) is 3.02. The number of hydrogen-bond acceptors (Lipinski definition) is 4. The summed E-state index contributed by atoms with van der Waals surface area (Å²) in [5.74, 6) is 0.462. The lowest BCUT2D eigenvalue weighted by molar-refractivity contribution is 0.0241. The molecule has 4 rings (SSSR count). The number of nitrogens with two attached hydrogens (primary N) is 1. The quantitative estimate of drug-likeness (QED) is 0.844. The summed E-state index contributed by atoms with van der Waals surface area (Å²) >= 11 is 0. The van der Waals surface area contributed by atoms with E-state index in [-0.39, 0.29) is 12.1 Å². The Morgan fingerprint density at radius 2 is 1.86 bits per heavy atom. The molecule has 3 aliphatic heterocycles. The number of urea groups is 1. The first-order chi connectivity index (χ1) is 14.2. The molecule has 2 atom stereocenters. The number of nitrogens with zero attached hydrogens (tertiary/aromatic N) is 3. The Morgan fingerprint density at radius 1 is 1.07 bits per heavy atom. The van der Waals surface area contributed by atoms with E-state index in [1.165, 1.54) is 37.1 Å². The summed E-state index contributed by atoms with van der Waals surface area (Å²) in [5, 5.41) is 0. The maximum Gasteiger partial charge on any atom is 0.320 e. The molecule has 6 heteroatoms. The Kier molecular flexibility index (Phi) is 6.60. The molecule has 0 bridgehead atoms. The average Bonchev–Trinajstić information content (AvgIpc) is 3.16. The van der Waals surface area contributed by atoms with Crippen molar-refractivity contribution < 1.29 is 9.53 Å². The van der Waals surface area contributed by atoms with E-state index in [0.717, 1.165) is 39.0 Å². The SMILES string of the molecule is CCC1CCCN1c1ccc(C2CN(C(=O)N3CCCO[C@H](CN)CC3)C2)cc1. The van der Waals surface area contributed by atoms with Crippen LogP contribution in [0.4, 0.5) is 10.5 Å². The van der Waals surface area contributed by atoms with Crippen LogP contribution in [0.2, 0.25) is 0 Å². The number of carbonyl (C=O) groups is 1. The van der Waals surface area contributed by atoms with Crippen LogP contribution in [0, 0.1) is 0 Å². The molecule has 0 saturated carbocycles. The number of carbonyl (C=O) groups excluding carboxylic acids is 1. The van der Waals surface area contributed by atoms with Gasteiger partial charge in [0.1, 0.15) is 0 Å². The molecule has 6 nitrogen and oxygen atoms in total. The molecule has 0 aliphatic carbocycles. The summed E-state index contributed by atoms with van der Waals surface area (Å²) < 4.78 is 5.72. The Morgan fingerprint density at radius 3 is 2.59 bits per heavy atom. The highest BCUT2D eigenvalue weighted by Crippen LogP contribution is 2.32. The van der Waals surface area contributed by atoms with E-state index in [1.54, 1.807) is 0 Å². The molecule has 0 radical (unpaired) electrons. The van der Waals surface area contributed by atoms with Crippen LogP contribution < -0.4 is 10.6 Å². The molecule has 0 aromatic heterocycles. The van der Waals surface area contributed by atoms with Crippen molar-refractivity contribution in [3.63, 3.8) is 0 Å². The van der Waals surface area contributed by atoms with Crippen molar-refractivity contribution in [2.24, 2.45) is 5.73 Å². The van der Waals surface area contributed by atoms with Crippen molar-refractivity contribution in [1.29, 1.82) is 0 Å². The molecule has 3 saturated heterocycles. The van der Waals surface area contributed by atoms with Crippen molar-refractivity contribution >= 4 is 11.7 Å². The van der Waals surface area contributed by atoms with Crippen LogP contribution in [0.1, 0.15) is 50.5 Å². The van der Waals surface area contributed by atoms with Crippen LogP contribution in [0.3, 0.4) is 0 Å². The monoisotopic (exact) mass is 400 g/mol. The zero-order chi connectivity index (χ0) is 20.2. The fraction of sp³-hybridized carbons (Fsp3) is 0.696. The molecule has 1 aromatic carbocycles. The zero-order valence-electron chi connectivity index (χ0n) is 17.8. The number of hydrogen-bond donors (Lipinski definition) is 1. The van der Waals surface area contributed by atoms with Crippen LogP contribution in [0.15, 0.2) is 24.3 Å². The maximum atomic E-state index is 12.9. The normalized spacial score (nSPS) is 26.2. The number of anilines is 1. The molecule has 1 unspecified atom stereocenters. The Balaban J connectivity index is 1.29. The number of likely N-dealkylation sites (tertiary alicyclic amines) is 1. The van der Waals surface area contributed by atoms with Crippen LogP contribution >= 0.6 is 0 Å². The molecule has 0 spiro atoms. The van der Waals surface area contributed by atoms with Gasteiger partial charge in [-0.15, -0.1) is 0 Å². The summed E-state index contributed by atoms with van der Waals surface area (Å²) in [4.78, 5) is 19.4. The highest BCUT2D eigenvalue weighted by molar-refractivity contribution is 5.75. The van der Waals surface area contributed by atoms with Crippen molar-refractivity contribution in [2.75, 3.05) is 50.8 Å². The third-order valence-electron chi connectivity index (χ3n) is 6.88. The van der Waals surface area contributed by atoms with E-state index in [2.05, 4.69) is 36.1 Å².